The Balaban J connectivity index is 0.000000166. The van der Waals surface area contributed by atoms with Gasteiger partial charge in [0.1, 0.15) is 13.6 Å². The van der Waals surface area contributed by atoms with E-state index in [1.54, 1.807) is 18.2 Å². The number of carbonyl (C=O) groups is 1. The molecule has 31 heavy (non-hydrogen) atoms. The monoisotopic (exact) mass is 455 g/mol. The lowest BCUT2D eigenvalue weighted by atomic mass is 10.1. The minimum atomic E-state index is -1.65. The fourth-order valence-corrected chi connectivity index (χ4v) is 5.13. The number of methoxy groups -OCH3 is 1. The molecule has 4 N–H and O–H groups in total. The first-order valence-corrected chi connectivity index (χ1v) is 11.3. The van der Waals surface area contributed by atoms with Crippen LogP contribution in [0.25, 0.3) is 11.3 Å². The Kier molecular flexibility index (Phi) is 5.75. The van der Waals surface area contributed by atoms with E-state index >= 15 is 0 Å². The van der Waals surface area contributed by atoms with Crippen molar-refractivity contribution in [3.05, 3.63) is 85.6 Å². The zero-order valence-electron chi connectivity index (χ0n) is 16.4. The molecule has 0 spiro atoms. The predicted molar refractivity (Wildman–Crippen MR) is 122 cm³/mol. The summed E-state index contributed by atoms with van der Waals surface area (Å²) in [7, 11) is -0.131. The number of aromatic amines is 2. The van der Waals surface area contributed by atoms with Crippen molar-refractivity contribution in [1.29, 1.82) is 0 Å². The number of benzene rings is 2. The lowest BCUT2D eigenvalue weighted by Crippen LogP contribution is -2.23. The number of nitrogens with two attached hydrogens (primary N) is 1. The van der Waals surface area contributed by atoms with Gasteiger partial charge in [-0.15, -0.1) is 11.3 Å². The molecular formula is C20H18N5O4PS. The van der Waals surface area contributed by atoms with Crippen LogP contribution in [0, 0.1) is 0 Å². The highest BCUT2D eigenvalue weighted by molar-refractivity contribution is 7.47. The maximum Gasteiger partial charge on any atom is 0.330 e. The number of rotatable bonds is 3. The lowest BCUT2D eigenvalue weighted by molar-refractivity contribution is 0.100. The zero-order chi connectivity index (χ0) is 22.0. The first-order valence-electron chi connectivity index (χ1n) is 9.13. The molecule has 9 nitrogen and oxygen atoms in total. The second kappa shape index (κ2) is 8.63. The fourth-order valence-electron chi connectivity index (χ4n) is 3.08. The lowest BCUT2D eigenvalue weighted by Gasteiger charge is -2.11. The van der Waals surface area contributed by atoms with Crippen molar-refractivity contribution in [3.8, 4) is 17.0 Å². The number of thiazole rings is 1. The van der Waals surface area contributed by atoms with Crippen LogP contribution in [-0.2, 0) is 6.54 Å². The van der Waals surface area contributed by atoms with Crippen molar-refractivity contribution in [1.82, 2.24) is 14.7 Å². The summed E-state index contributed by atoms with van der Waals surface area (Å²) in [6.45, 7) is 0.317. The summed E-state index contributed by atoms with van der Waals surface area (Å²) in [5.74, 6) is 0.319. The van der Waals surface area contributed by atoms with Crippen molar-refractivity contribution < 1.29 is 9.53 Å². The van der Waals surface area contributed by atoms with Crippen molar-refractivity contribution in [2.45, 2.75) is 6.54 Å². The fraction of sp³-hybridized carbons (Fsp3) is 0.100. The molecule has 5 rings (SSSR count). The number of fused-ring (bicyclic) bond motifs is 1. The van der Waals surface area contributed by atoms with Gasteiger partial charge in [-0.25, -0.2) is 9.78 Å². The molecule has 1 atom stereocenters. The minimum absolute atomic E-state index is 0.266. The molecule has 1 amide bonds. The van der Waals surface area contributed by atoms with Crippen LogP contribution in [0.5, 0.6) is 5.75 Å². The van der Waals surface area contributed by atoms with Gasteiger partial charge in [0.2, 0.25) is 0 Å². The number of nitrogens with zero attached hydrogens (tertiary/aromatic N) is 2. The van der Waals surface area contributed by atoms with Gasteiger partial charge in [0.25, 0.3) is 5.91 Å². The molecule has 2 aromatic carbocycles. The molecule has 2 aromatic heterocycles. The van der Waals surface area contributed by atoms with Gasteiger partial charge in [0, 0.05) is 16.5 Å². The van der Waals surface area contributed by atoms with Gasteiger partial charge in [-0.2, -0.15) is 0 Å². The summed E-state index contributed by atoms with van der Waals surface area (Å²) in [5.41, 5.74) is 8.37. The number of ether oxygens (including phenoxy) is 1. The van der Waals surface area contributed by atoms with E-state index in [1.807, 2.05) is 35.7 Å². The molecule has 3 heterocycles. The number of aromatic nitrogens is 3. The number of carbonyl (C=O) groups excluding carboxylic acids is 1. The zero-order valence-corrected chi connectivity index (χ0v) is 18.1. The summed E-state index contributed by atoms with van der Waals surface area (Å²) < 4.78 is 8.94. The normalized spacial score (nSPS) is 12.9. The van der Waals surface area contributed by atoms with E-state index < -0.39 is 18.8 Å². The molecule has 4 aromatic rings. The van der Waals surface area contributed by atoms with Crippen molar-refractivity contribution >= 4 is 30.2 Å². The number of hydrogen-bond acceptors (Lipinski definition) is 7. The number of nitrogen functional groups attached to an aromatic ring is 1. The van der Waals surface area contributed by atoms with E-state index in [4.69, 9.17) is 10.5 Å². The minimum Gasteiger partial charge on any atom is -0.497 e. The summed E-state index contributed by atoms with van der Waals surface area (Å²) in [4.78, 5) is 41.3. The van der Waals surface area contributed by atoms with E-state index in [2.05, 4.69) is 14.7 Å². The molecule has 1 unspecified atom stereocenters. The third kappa shape index (κ3) is 4.30. The van der Waals surface area contributed by atoms with Gasteiger partial charge >= 0.3 is 11.0 Å². The predicted octanol–water partition coefficient (Wildman–Crippen LogP) is 2.74. The van der Waals surface area contributed by atoms with E-state index in [0.29, 0.717) is 23.0 Å². The molecule has 1 aliphatic heterocycles. The second-order valence-electron chi connectivity index (χ2n) is 6.51. The molecule has 0 aliphatic carbocycles. The molecule has 0 fully saturated rings. The average Bonchev–Trinajstić information content (AvgIpc) is 3.46. The number of nitrogens with one attached hydrogen (secondary N) is 2. The molecule has 0 saturated heterocycles. The third-order valence-corrected chi connectivity index (χ3v) is 6.95. The highest BCUT2D eigenvalue weighted by atomic mass is 32.1. The second-order valence-corrected chi connectivity index (χ2v) is 9.13. The Hall–Kier alpha value is -3.62. The number of anilines is 1. The highest BCUT2D eigenvalue weighted by Gasteiger charge is 2.31. The van der Waals surface area contributed by atoms with Gasteiger partial charge in [0.05, 0.1) is 19.3 Å². The first-order chi connectivity index (χ1) is 15.0. The third-order valence-electron chi connectivity index (χ3n) is 4.56. The Labute approximate surface area is 181 Å². The molecule has 158 valence electrons. The molecule has 0 radical (unpaired) electrons. The highest BCUT2D eigenvalue weighted by Crippen LogP contribution is 2.32. The van der Waals surface area contributed by atoms with Crippen LogP contribution < -0.4 is 26.1 Å². The summed E-state index contributed by atoms with van der Waals surface area (Å²) in [6.07, 6.45) is 0. The van der Waals surface area contributed by atoms with Crippen LogP contribution in [-0.4, -0.2) is 27.7 Å². The van der Waals surface area contributed by atoms with Crippen molar-refractivity contribution in [2.75, 3.05) is 17.5 Å². The van der Waals surface area contributed by atoms with Gasteiger partial charge in [-0.05, 0) is 17.7 Å². The van der Waals surface area contributed by atoms with E-state index in [0.717, 1.165) is 16.8 Å². The van der Waals surface area contributed by atoms with Crippen LogP contribution in [0.1, 0.15) is 15.9 Å². The largest absolute Gasteiger partial charge is 0.497 e. The van der Waals surface area contributed by atoms with E-state index in [-0.39, 0.29) is 5.91 Å². The maximum absolute atomic E-state index is 12.3. The molecule has 0 bridgehead atoms. The maximum atomic E-state index is 12.3. The summed E-state index contributed by atoms with van der Waals surface area (Å²) in [6, 6.07) is 15.2. The van der Waals surface area contributed by atoms with Crippen LogP contribution in [0.2, 0.25) is 0 Å². The number of H-pyrrole nitrogens is 2. The standard InChI is InChI=1S/C11H10N3O4P.C9H8N2S/c1-18-7-3-2-6-5-14(9(15)8(6)4-7)19-11(17)12-10(16)13-19;10-9-11-8(6-12-9)7-4-2-1-3-5-7/h2-4H,5H2,1H3,(H2,12,13,16,17);1-6H,(H2,10,11). The van der Waals surface area contributed by atoms with Crippen LogP contribution >= 0.6 is 19.2 Å². The number of amides is 1. The smallest absolute Gasteiger partial charge is 0.330 e. The quantitative estimate of drug-likeness (QED) is 0.435. The van der Waals surface area contributed by atoms with Gasteiger partial charge in [-0.1, -0.05) is 36.4 Å². The van der Waals surface area contributed by atoms with Gasteiger partial charge in [0.15, 0.2) is 5.13 Å². The SMILES string of the molecule is COc1ccc2c(c1)C(=O)N(p1[nH]c(=O)[nH]c1=O)C2.Nc1nc(-c2ccccc2)cs1. The number of hydrogen-bond donors (Lipinski definition) is 3. The van der Waals surface area contributed by atoms with Gasteiger partial charge < -0.3 is 10.5 Å². The Morgan fingerprint density at radius 2 is 1.94 bits per heavy atom. The van der Waals surface area contributed by atoms with Gasteiger partial charge in [-0.3, -0.25) is 24.0 Å². The Bertz CT molecular complexity index is 1340. The Morgan fingerprint density at radius 3 is 2.55 bits per heavy atom. The molecule has 11 heteroatoms. The average molecular weight is 455 g/mol. The van der Waals surface area contributed by atoms with E-state index in [9.17, 15) is 14.4 Å². The van der Waals surface area contributed by atoms with Crippen LogP contribution in [0.3, 0.4) is 0 Å². The molecule has 1 aliphatic rings. The van der Waals surface area contributed by atoms with E-state index in [1.165, 1.54) is 23.1 Å². The summed E-state index contributed by atoms with van der Waals surface area (Å²) in [5, 5.41) is 2.13. The topological polar surface area (TPSA) is 134 Å². The first kappa shape index (κ1) is 20.6. The van der Waals surface area contributed by atoms with Crippen LogP contribution in [0.15, 0.2) is 63.5 Å². The molecular weight excluding hydrogens is 437 g/mol. The van der Waals surface area contributed by atoms with Crippen LogP contribution in [0.4, 0.5) is 5.13 Å². The Morgan fingerprint density at radius 1 is 1.16 bits per heavy atom. The van der Waals surface area contributed by atoms with Crippen molar-refractivity contribution in [2.24, 2.45) is 0 Å². The molecule has 0 saturated carbocycles. The summed E-state index contributed by atoms with van der Waals surface area (Å²) >= 11 is 1.47. The van der Waals surface area contributed by atoms with Crippen molar-refractivity contribution in [3.63, 3.8) is 0 Å².